The molecule has 88 valence electrons. The number of amides is 1. The zero-order chi connectivity index (χ0) is 11.1. The maximum Gasteiger partial charge on any atom is 0.409 e. The molecule has 1 aliphatic heterocycles. The summed E-state index contributed by atoms with van der Waals surface area (Å²) in [6, 6.07) is 0. The SMILES string of the molecule is CCOC(=O)N(C)CCN1CCOCC1. The molecule has 1 saturated heterocycles. The van der Waals surface area contributed by atoms with Crippen LogP contribution in [-0.2, 0) is 9.47 Å². The number of hydrogen-bond acceptors (Lipinski definition) is 4. The second-order valence-corrected chi connectivity index (χ2v) is 3.57. The van der Waals surface area contributed by atoms with E-state index < -0.39 is 0 Å². The zero-order valence-electron chi connectivity index (χ0n) is 9.57. The van der Waals surface area contributed by atoms with Crippen LogP contribution in [0.5, 0.6) is 0 Å². The van der Waals surface area contributed by atoms with Crippen molar-refractivity contribution in [3.05, 3.63) is 0 Å². The highest BCUT2D eigenvalue weighted by atomic mass is 16.6. The largest absolute Gasteiger partial charge is 0.450 e. The number of rotatable bonds is 4. The first kappa shape index (κ1) is 12.3. The summed E-state index contributed by atoms with van der Waals surface area (Å²) in [6.07, 6.45) is -0.245. The van der Waals surface area contributed by atoms with Gasteiger partial charge in [-0.25, -0.2) is 4.79 Å². The van der Waals surface area contributed by atoms with Crippen molar-refractivity contribution in [2.45, 2.75) is 6.92 Å². The molecule has 0 spiro atoms. The van der Waals surface area contributed by atoms with Gasteiger partial charge in [-0.1, -0.05) is 0 Å². The van der Waals surface area contributed by atoms with Crippen molar-refractivity contribution in [3.63, 3.8) is 0 Å². The van der Waals surface area contributed by atoms with Gasteiger partial charge >= 0.3 is 6.09 Å². The van der Waals surface area contributed by atoms with Crippen molar-refractivity contribution < 1.29 is 14.3 Å². The maximum atomic E-state index is 11.3. The number of likely N-dealkylation sites (N-methyl/N-ethyl adjacent to an activating group) is 1. The Labute approximate surface area is 90.9 Å². The van der Waals surface area contributed by atoms with Crippen LogP contribution in [0.15, 0.2) is 0 Å². The van der Waals surface area contributed by atoms with Gasteiger partial charge in [-0.15, -0.1) is 0 Å². The molecule has 1 fully saturated rings. The van der Waals surface area contributed by atoms with Gasteiger partial charge in [-0.2, -0.15) is 0 Å². The fraction of sp³-hybridized carbons (Fsp3) is 0.900. The summed E-state index contributed by atoms with van der Waals surface area (Å²) in [5.41, 5.74) is 0. The van der Waals surface area contributed by atoms with Gasteiger partial charge in [0, 0.05) is 33.2 Å². The number of carbonyl (C=O) groups excluding carboxylic acids is 1. The fourth-order valence-corrected chi connectivity index (χ4v) is 1.44. The number of ether oxygens (including phenoxy) is 2. The lowest BCUT2D eigenvalue weighted by Gasteiger charge is -2.28. The summed E-state index contributed by atoms with van der Waals surface area (Å²) in [4.78, 5) is 15.2. The Bertz CT molecular complexity index is 193. The molecule has 5 heteroatoms. The van der Waals surface area contributed by atoms with E-state index >= 15 is 0 Å². The molecule has 0 unspecified atom stereocenters. The van der Waals surface area contributed by atoms with E-state index in [4.69, 9.17) is 9.47 Å². The Hall–Kier alpha value is -0.810. The number of hydrogen-bond donors (Lipinski definition) is 0. The number of morpholine rings is 1. The number of carbonyl (C=O) groups is 1. The standard InChI is InChI=1S/C10H20N2O3/c1-3-15-10(13)11(2)4-5-12-6-8-14-9-7-12/h3-9H2,1-2H3. The van der Waals surface area contributed by atoms with Crippen LogP contribution in [-0.4, -0.2) is 68.9 Å². The highest BCUT2D eigenvalue weighted by Crippen LogP contribution is 1.97. The van der Waals surface area contributed by atoms with Crippen molar-refractivity contribution in [2.24, 2.45) is 0 Å². The molecule has 0 N–H and O–H groups in total. The predicted octanol–water partition coefficient (Wildman–Crippen LogP) is 0.407. The summed E-state index contributed by atoms with van der Waals surface area (Å²) < 4.78 is 10.1. The third-order valence-electron chi connectivity index (χ3n) is 2.43. The van der Waals surface area contributed by atoms with E-state index in [1.54, 1.807) is 11.9 Å². The molecular weight excluding hydrogens is 196 g/mol. The van der Waals surface area contributed by atoms with E-state index in [2.05, 4.69) is 4.90 Å². The summed E-state index contributed by atoms with van der Waals surface area (Å²) in [6.45, 7) is 7.34. The maximum absolute atomic E-state index is 11.3. The van der Waals surface area contributed by atoms with Crippen LogP contribution in [0.2, 0.25) is 0 Å². The monoisotopic (exact) mass is 216 g/mol. The fourth-order valence-electron chi connectivity index (χ4n) is 1.44. The molecule has 15 heavy (non-hydrogen) atoms. The molecule has 1 amide bonds. The third-order valence-corrected chi connectivity index (χ3v) is 2.43. The van der Waals surface area contributed by atoms with Gasteiger partial charge in [0.05, 0.1) is 19.8 Å². The van der Waals surface area contributed by atoms with Gasteiger partial charge in [0.25, 0.3) is 0 Å². The summed E-state index contributed by atoms with van der Waals surface area (Å²) in [5.74, 6) is 0. The van der Waals surface area contributed by atoms with Crippen LogP contribution in [0.3, 0.4) is 0 Å². The molecule has 0 atom stereocenters. The molecule has 0 bridgehead atoms. The highest BCUT2D eigenvalue weighted by Gasteiger charge is 2.13. The average molecular weight is 216 g/mol. The topological polar surface area (TPSA) is 42.0 Å². The smallest absolute Gasteiger partial charge is 0.409 e. The van der Waals surface area contributed by atoms with Gasteiger partial charge in [0.1, 0.15) is 0 Å². The summed E-state index contributed by atoms with van der Waals surface area (Å²) in [7, 11) is 1.76. The molecular formula is C10H20N2O3. The molecule has 0 aromatic heterocycles. The third kappa shape index (κ3) is 4.48. The quantitative estimate of drug-likeness (QED) is 0.682. The second kappa shape index (κ2) is 6.63. The highest BCUT2D eigenvalue weighted by molar-refractivity contribution is 5.67. The molecule has 5 nitrogen and oxygen atoms in total. The van der Waals surface area contributed by atoms with Gasteiger partial charge < -0.3 is 14.4 Å². The van der Waals surface area contributed by atoms with E-state index in [1.807, 2.05) is 6.92 Å². The van der Waals surface area contributed by atoms with E-state index in [0.29, 0.717) is 13.2 Å². The minimum absolute atomic E-state index is 0.245. The summed E-state index contributed by atoms with van der Waals surface area (Å²) in [5, 5.41) is 0. The first-order chi connectivity index (χ1) is 7.24. The van der Waals surface area contributed by atoms with Crippen LogP contribution >= 0.6 is 0 Å². The van der Waals surface area contributed by atoms with Crippen LogP contribution in [0.4, 0.5) is 4.79 Å². The first-order valence-corrected chi connectivity index (χ1v) is 5.42. The second-order valence-electron chi connectivity index (χ2n) is 3.57. The van der Waals surface area contributed by atoms with Gasteiger partial charge in [-0.05, 0) is 6.92 Å². The molecule has 1 heterocycles. The van der Waals surface area contributed by atoms with Gasteiger partial charge in [0.15, 0.2) is 0 Å². The molecule has 0 aliphatic carbocycles. The van der Waals surface area contributed by atoms with Crippen LogP contribution in [0.1, 0.15) is 6.92 Å². The average Bonchev–Trinajstić information content (AvgIpc) is 2.27. The van der Waals surface area contributed by atoms with Gasteiger partial charge in [0.2, 0.25) is 0 Å². The van der Waals surface area contributed by atoms with Crippen LogP contribution in [0, 0.1) is 0 Å². The van der Waals surface area contributed by atoms with E-state index in [9.17, 15) is 4.79 Å². The molecule has 0 aromatic rings. The molecule has 0 radical (unpaired) electrons. The minimum atomic E-state index is -0.245. The van der Waals surface area contributed by atoms with Crippen molar-refractivity contribution in [1.29, 1.82) is 0 Å². The normalized spacial score (nSPS) is 17.5. The van der Waals surface area contributed by atoms with E-state index in [-0.39, 0.29) is 6.09 Å². The molecule has 0 saturated carbocycles. The van der Waals surface area contributed by atoms with Crippen LogP contribution < -0.4 is 0 Å². The molecule has 0 aromatic carbocycles. The van der Waals surface area contributed by atoms with Crippen molar-refractivity contribution >= 4 is 6.09 Å². The van der Waals surface area contributed by atoms with Gasteiger partial charge in [-0.3, -0.25) is 4.90 Å². The predicted molar refractivity (Wildman–Crippen MR) is 56.9 cm³/mol. The Balaban J connectivity index is 2.14. The van der Waals surface area contributed by atoms with E-state index in [1.165, 1.54) is 0 Å². The Morgan fingerprint density at radius 3 is 2.73 bits per heavy atom. The van der Waals surface area contributed by atoms with Crippen molar-refractivity contribution in [3.8, 4) is 0 Å². The zero-order valence-corrected chi connectivity index (χ0v) is 9.57. The lowest BCUT2D eigenvalue weighted by Crippen LogP contribution is -2.42. The molecule has 1 aliphatic rings. The lowest BCUT2D eigenvalue weighted by molar-refractivity contribution is 0.0337. The summed E-state index contributed by atoms with van der Waals surface area (Å²) >= 11 is 0. The Morgan fingerprint density at radius 1 is 1.47 bits per heavy atom. The lowest BCUT2D eigenvalue weighted by atomic mass is 10.4. The first-order valence-electron chi connectivity index (χ1n) is 5.42. The molecule has 1 rings (SSSR count). The van der Waals surface area contributed by atoms with Crippen molar-refractivity contribution in [1.82, 2.24) is 9.80 Å². The van der Waals surface area contributed by atoms with E-state index in [0.717, 1.165) is 32.8 Å². The van der Waals surface area contributed by atoms with Crippen LogP contribution in [0.25, 0.3) is 0 Å². The Morgan fingerprint density at radius 2 is 2.13 bits per heavy atom. The number of nitrogens with zero attached hydrogens (tertiary/aromatic N) is 2. The minimum Gasteiger partial charge on any atom is -0.450 e. The van der Waals surface area contributed by atoms with Crippen molar-refractivity contribution in [2.75, 3.05) is 53.0 Å². The Kier molecular flexibility index (Phi) is 5.42.